The molecule has 7 heteroatoms. The number of nitrogens with zero attached hydrogens (tertiary/aromatic N) is 5. The van der Waals surface area contributed by atoms with E-state index in [2.05, 4.69) is 51.5 Å². The van der Waals surface area contributed by atoms with Crippen molar-refractivity contribution < 1.29 is 9.59 Å². The van der Waals surface area contributed by atoms with Crippen molar-refractivity contribution in [1.82, 2.24) is 20.0 Å². The number of hydrogen-bond acceptors (Lipinski definition) is 5. The summed E-state index contributed by atoms with van der Waals surface area (Å²) in [5.74, 6) is 0.694. The zero-order chi connectivity index (χ0) is 28.8. The summed E-state index contributed by atoms with van der Waals surface area (Å²) in [7, 11) is 0. The molecule has 41 heavy (non-hydrogen) atoms. The topological polar surface area (TPSA) is 69.6 Å². The zero-order valence-corrected chi connectivity index (χ0v) is 24.0. The maximum atomic E-state index is 13.4. The van der Waals surface area contributed by atoms with E-state index in [9.17, 15) is 9.59 Å². The van der Waals surface area contributed by atoms with Gasteiger partial charge in [0.2, 0.25) is 5.91 Å². The first kappa shape index (κ1) is 28.0. The number of benzene rings is 3. The van der Waals surface area contributed by atoms with Gasteiger partial charge in [0.05, 0.1) is 5.69 Å². The van der Waals surface area contributed by atoms with Crippen LogP contribution in [0.2, 0.25) is 0 Å². The predicted octanol–water partition coefficient (Wildman–Crippen LogP) is 5.71. The van der Waals surface area contributed by atoms with Crippen molar-refractivity contribution in [2.45, 2.75) is 33.2 Å². The highest BCUT2D eigenvalue weighted by Gasteiger charge is 2.28. The molecule has 1 aliphatic heterocycles. The molecule has 0 bridgehead atoms. The Kier molecular flexibility index (Phi) is 8.73. The fourth-order valence-corrected chi connectivity index (χ4v) is 5.16. The molecule has 1 atom stereocenters. The largest absolute Gasteiger partial charge is 0.352 e. The van der Waals surface area contributed by atoms with Crippen LogP contribution in [0, 0.1) is 6.92 Å². The predicted molar refractivity (Wildman–Crippen MR) is 164 cm³/mol. The van der Waals surface area contributed by atoms with Crippen LogP contribution in [0.25, 0.3) is 22.4 Å². The number of carbonyl (C=O) groups is 2. The van der Waals surface area contributed by atoms with E-state index in [1.165, 1.54) is 5.56 Å². The smallest absolute Gasteiger partial charge is 0.254 e. The molecule has 2 amide bonds. The Morgan fingerprint density at radius 3 is 2.05 bits per heavy atom. The van der Waals surface area contributed by atoms with Crippen molar-refractivity contribution in [3.05, 3.63) is 102 Å². The highest BCUT2D eigenvalue weighted by atomic mass is 16.2. The first-order valence-electron chi connectivity index (χ1n) is 14.3. The number of amides is 2. The number of aromatic nitrogens is 2. The Morgan fingerprint density at radius 1 is 0.780 bits per heavy atom. The minimum Gasteiger partial charge on any atom is -0.352 e. The minimum atomic E-state index is -0.0884. The van der Waals surface area contributed by atoms with Crippen LogP contribution in [0.3, 0.4) is 0 Å². The molecule has 1 unspecified atom stereocenters. The second-order valence-electron chi connectivity index (χ2n) is 10.6. The Hall–Kier alpha value is -4.52. The van der Waals surface area contributed by atoms with Gasteiger partial charge in [-0.2, -0.15) is 0 Å². The molecular weight excluding hydrogens is 510 g/mol. The van der Waals surface area contributed by atoms with Crippen LogP contribution in [-0.4, -0.2) is 70.6 Å². The summed E-state index contributed by atoms with van der Waals surface area (Å²) < 4.78 is 0. The molecule has 1 aliphatic rings. The zero-order valence-electron chi connectivity index (χ0n) is 24.0. The third-order valence-electron chi connectivity index (χ3n) is 7.96. The summed E-state index contributed by atoms with van der Waals surface area (Å²) in [6.45, 7) is 8.55. The van der Waals surface area contributed by atoms with Gasteiger partial charge in [-0.05, 0) is 55.2 Å². The molecule has 1 fully saturated rings. The molecule has 3 aromatic carbocycles. The molecule has 5 rings (SSSR count). The number of piperazine rings is 1. The van der Waals surface area contributed by atoms with Crippen molar-refractivity contribution in [1.29, 1.82) is 0 Å². The van der Waals surface area contributed by atoms with Gasteiger partial charge in [-0.15, -0.1) is 10.2 Å². The van der Waals surface area contributed by atoms with Crippen molar-refractivity contribution in [3.63, 3.8) is 0 Å². The van der Waals surface area contributed by atoms with Crippen LogP contribution in [0.1, 0.15) is 36.2 Å². The summed E-state index contributed by atoms with van der Waals surface area (Å²) >= 11 is 0. The quantitative estimate of drug-likeness (QED) is 0.283. The highest BCUT2D eigenvalue weighted by molar-refractivity contribution is 5.98. The molecule has 0 saturated carbocycles. The lowest BCUT2D eigenvalue weighted by atomic mass is 10.0. The van der Waals surface area contributed by atoms with E-state index in [1.807, 2.05) is 80.3 Å². The van der Waals surface area contributed by atoms with E-state index in [-0.39, 0.29) is 24.4 Å². The Balaban J connectivity index is 1.18. The maximum Gasteiger partial charge on any atom is 0.254 e. The van der Waals surface area contributed by atoms with Gasteiger partial charge in [-0.1, -0.05) is 79.7 Å². The van der Waals surface area contributed by atoms with Gasteiger partial charge in [-0.25, -0.2) is 0 Å². The number of carbonyl (C=O) groups excluding carboxylic acids is 2. The second kappa shape index (κ2) is 12.8. The minimum absolute atomic E-state index is 0.0211. The Morgan fingerprint density at radius 2 is 1.41 bits per heavy atom. The second-order valence-corrected chi connectivity index (χ2v) is 10.6. The fraction of sp³-hybridized carbons (Fsp3) is 0.294. The molecule has 4 aromatic rings. The van der Waals surface area contributed by atoms with Gasteiger partial charge in [-0.3, -0.25) is 9.59 Å². The van der Waals surface area contributed by atoms with E-state index in [0.717, 1.165) is 34.6 Å². The third kappa shape index (κ3) is 6.46. The molecule has 0 spiro atoms. The van der Waals surface area contributed by atoms with Crippen LogP contribution in [0.4, 0.5) is 5.82 Å². The number of rotatable bonds is 8. The first-order chi connectivity index (χ1) is 19.9. The van der Waals surface area contributed by atoms with Crippen molar-refractivity contribution >= 4 is 17.6 Å². The molecule has 0 N–H and O–H groups in total. The van der Waals surface area contributed by atoms with Crippen LogP contribution < -0.4 is 4.90 Å². The van der Waals surface area contributed by atoms with Crippen molar-refractivity contribution in [2.24, 2.45) is 0 Å². The van der Waals surface area contributed by atoms with Crippen LogP contribution >= 0.6 is 0 Å². The van der Waals surface area contributed by atoms with Crippen LogP contribution in [-0.2, 0) is 4.79 Å². The van der Waals surface area contributed by atoms with Gasteiger partial charge in [0.1, 0.15) is 6.54 Å². The summed E-state index contributed by atoms with van der Waals surface area (Å²) in [6, 6.07) is 30.2. The van der Waals surface area contributed by atoms with Crippen LogP contribution in [0.5, 0.6) is 0 Å². The lowest BCUT2D eigenvalue weighted by Crippen LogP contribution is -2.53. The summed E-state index contributed by atoms with van der Waals surface area (Å²) in [5, 5.41) is 8.98. The van der Waals surface area contributed by atoms with Gasteiger partial charge in [0.15, 0.2) is 5.82 Å². The highest BCUT2D eigenvalue weighted by Crippen LogP contribution is 2.24. The Bertz CT molecular complexity index is 1460. The first-order valence-corrected chi connectivity index (χ1v) is 14.3. The monoisotopic (exact) mass is 547 g/mol. The maximum absolute atomic E-state index is 13.4. The molecule has 7 nitrogen and oxygen atoms in total. The summed E-state index contributed by atoms with van der Waals surface area (Å²) in [4.78, 5) is 32.4. The fourth-order valence-electron chi connectivity index (χ4n) is 5.16. The lowest BCUT2D eigenvalue weighted by molar-refractivity contribution is -0.132. The lowest BCUT2D eigenvalue weighted by Gasteiger charge is -2.37. The van der Waals surface area contributed by atoms with E-state index >= 15 is 0 Å². The summed E-state index contributed by atoms with van der Waals surface area (Å²) in [5.41, 5.74) is 5.76. The molecular formula is C34H37N5O2. The molecule has 210 valence electrons. The normalized spacial score (nSPS) is 14.0. The number of aryl methyl sites for hydroxylation is 1. The van der Waals surface area contributed by atoms with Gasteiger partial charge in [0, 0.05) is 43.3 Å². The van der Waals surface area contributed by atoms with Gasteiger partial charge < -0.3 is 14.7 Å². The molecule has 1 saturated heterocycles. The van der Waals surface area contributed by atoms with E-state index in [0.29, 0.717) is 31.7 Å². The van der Waals surface area contributed by atoms with E-state index < -0.39 is 0 Å². The van der Waals surface area contributed by atoms with Crippen LogP contribution in [0.15, 0.2) is 91.0 Å². The third-order valence-corrected chi connectivity index (χ3v) is 7.96. The van der Waals surface area contributed by atoms with Crippen molar-refractivity contribution in [2.75, 3.05) is 37.6 Å². The van der Waals surface area contributed by atoms with Gasteiger partial charge in [0.25, 0.3) is 5.91 Å². The Labute approximate surface area is 242 Å². The van der Waals surface area contributed by atoms with E-state index in [1.54, 1.807) is 4.90 Å². The number of hydrogen-bond donors (Lipinski definition) is 0. The van der Waals surface area contributed by atoms with E-state index in [4.69, 9.17) is 0 Å². The molecule has 1 aromatic heterocycles. The standard InChI is InChI=1S/C34H37N5O2/c1-4-26(3)39(34(41)30-13-9-8-10-25(30)2)24-33(40)38-22-20-37(21-23-38)32-19-18-31(35-36-32)29-16-14-28(15-17-29)27-11-6-5-7-12-27/h5-19,26H,4,20-24H2,1-3H3. The molecule has 2 heterocycles. The average Bonchev–Trinajstić information content (AvgIpc) is 3.04. The average molecular weight is 548 g/mol. The molecule has 0 radical (unpaired) electrons. The SMILES string of the molecule is CCC(C)N(CC(=O)N1CCN(c2ccc(-c3ccc(-c4ccccc4)cc3)nn2)CC1)C(=O)c1ccccc1C. The van der Waals surface area contributed by atoms with Crippen molar-refractivity contribution in [3.8, 4) is 22.4 Å². The molecule has 0 aliphatic carbocycles. The summed E-state index contributed by atoms with van der Waals surface area (Å²) in [6.07, 6.45) is 0.782. The number of anilines is 1. The van der Waals surface area contributed by atoms with Gasteiger partial charge >= 0.3 is 0 Å².